The van der Waals surface area contributed by atoms with E-state index in [2.05, 4.69) is 0 Å². The van der Waals surface area contributed by atoms with Crippen LogP contribution >= 0.6 is 0 Å². The van der Waals surface area contributed by atoms with E-state index in [0.29, 0.717) is 16.9 Å². The predicted molar refractivity (Wildman–Crippen MR) is 74.5 cm³/mol. The van der Waals surface area contributed by atoms with E-state index in [0.717, 1.165) is 0 Å². The van der Waals surface area contributed by atoms with Crippen LogP contribution in [0.4, 0.5) is 5.69 Å². The van der Waals surface area contributed by atoms with Crippen molar-refractivity contribution in [2.24, 2.45) is 0 Å². The summed E-state index contributed by atoms with van der Waals surface area (Å²) in [5.74, 6) is 0.578. The maximum absolute atomic E-state index is 10.7. The molecule has 0 heterocycles. The third kappa shape index (κ3) is 3.33. The number of nitrogens with zero attached hydrogens (tertiary/aromatic N) is 1. The van der Waals surface area contributed by atoms with E-state index in [1.165, 1.54) is 12.1 Å². The minimum atomic E-state index is -0.628. The van der Waals surface area contributed by atoms with Crippen molar-refractivity contribution in [1.82, 2.24) is 0 Å². The highest BCUT2D eigenvalue weighted by molar-refractivity contribution is 5.36. The van der Waals surface area contributed by atoms with Crippen molar-refractivity contribution < 1.29 is 14.8 Å². The first kappa shape index (κ1) is 14.0. The molecular formula is C15H15NO4. The summed E-state index contributed by atoms with van der Waals surface area (Å²) in [6, 6.07) is 13.5. The van der Waals surface area contributed by atoms with E-state index in [9.17, 15) is 15.2 Å². The standard InChI is InChI=1S/C15H15NO4/c1-11(17)14-7-2-3-8-15(14)20-10-12-5-4-6-13(9-12)16(18)19/h2-9,11,17H,10H2,1H3/t11-/m1/s1. The lowest BCUT2D eigenvalue weighted by atomic mass is 10.1. The van der Waals surface area contributed by atoms with Crippen molar-refractivity contribution in [3.05, 3.63) is 69.8 Å². The Bertz CT molecular complexity index is 610. The minimum Gasteiger partial charge on any atom is -0.489 e. The molecule has 2 aromatic rings. The first-order valence-electron chi connectivity index (χ1n) is 6.21. The van der Waals surface area contributed by atoms with Gasteiger partial charge in [0.1, 0.15) is 12.4 Å². The number of hydrogen-bond donors (Lipinski definition) is 1. The van der Waals surface area contributed by atoms with Crippen molar-refractivity contribution in [3.8, 4) is 5.75 Å². The first-order chi connectivity index (χ1) is 9.58. The average molecular weight is 273 g/mol. The van der Waals surface area contributed by atoms with E-state index in [-0.39, 0.29) is 12.3 Å². The van der Waals surface area contributed by atoms with Crippen LogP contribution < -0.4 is 4.74 Å². The second-order valence-corrected chi connectivity index (χ2v) is 4.43. The quantitative estimate of drug-likeness (QED) is 0.670. The molecular weight excluding hydrogens is 258 g/mol. The molecule has 0 amide bonds. The first-order valence-corrected chi connectivity index (χ1v) is 6.21. The van der Waals surface area contributed by atoms with Crippen LogP contribution in [0.5, 0.6) is 5.75 Å². The zero-order valence-corrected chi connectivity index (χ0v) is 11.0. The highest BCUT2D eigenvalue weighted by atomic mass is 16.6. The lowest BCUT2D eigenvalue weighted by Crippen LogP contribution is -2.01. The zero-order valence-electron chi connectivity index (χ0n) is 11.0. The van der Waals surface area contributed by atoms with Gasteiger partial charge in [0.2, 0.25) is 0 Å². The van der Waals surface area contributed by atoms with Crippen LogP contribution in [0, 0.1) is 10.1 Å². The molecule has 1 atom stereocenters. The summed E-state index contributed by atoms with van der Waals surface area (Å²) in [6.07, 6.45) is -0.628. The Morgan fingerprint density at radius 1 is 1.25 bits per heavy atom. The molecule has 0 radical (unpaired) electrons. The zero-order chi connectivity index (χ0) is 14.5. The van der Waals surface area contributed by atoms with Crippen LogP contribution in [-0.2, 0) is 6.61 Å². The number of non-ortho nitro benzene ring substituents is 1. The van der Waals surface area contributed by atoms with Crippen molar-refractivity contribution in [2.75, 3.05) is 0 Å². The number of aliphatic hydroxyl groups excluding tert-OH is 1. The Morgan fingerprint density at radius 2 is 2.00 bits per heavy atom. The molecule has 20 heavy (non-hydrogen) atoms. The van der Waals surface area contributed by atoms with Gasteiger partial charge in [0.15, 0.2) is 0 Å². The maximum atomic E-state index is 10.7. The molecule has 2 rings (SSSR count). The van der Waals surface area contributed by atoms with Gasteiger partial charge in [0.05, 0.1) is 11.0 Å². The summed E-state index contributed by atoms with van der Waals surface area (Å²) in [4.78, 5) is 10.3. The van der Waals surface area contributed by atoms with Gasteiger partial charge in [-0.3, -0.25) is 10.1 Å². The van der Waals surface area contributed by atoms with Crippen LogP contribution in [0.3, 0.4) is 0 Å². The van der Waals surface area contributed by atoms with Gasteiger partial charge in [-0.05, 0) is 18.6 Å². The number of benzene rings is 2. The lowest BCUT2D eigenvalue weighted by Gasteiger charge is -2.13. The molecule has 0 aliphatic carbocycles. The summed E-state index contributed by atoms with van der Waals surface area (Å²) >= 11 is 0. The molecule has 5 heteroatoms. The second-order valence-electron chi connectivity index (χ2n) is 4.43. The fourth-order valence-corrected chi connectivity index (χ4v) is 1.88. The SMILES string of the molecule is C[C@@H](O)c1ccccc1OCc1cccc([N+](=O)[O-])c1. The van der Waals surface area contributed by atoms with Gasteiger partial charge in [0.25, 0.3) is 5.69 Å². The molecule has 0 saturated heterocycles. The molecule has 0 spiro atoms. The lowest BCUT2D eigenvalue weighted by molar-refractivity contribution is -0.384. The van der Waals surface area contributed by atoms with Crippen LogP contribution in [0.2, 0.25) is 0 Å². The van der Waals surface area contributed by atoms with E-state index in [1.807, 2.05) is 12.1 Å². The number of hydrogen-bond acceptors (Lipinski definition) is 4. The van der Waals surface area contributed by atoms with Gasteiger partial charge in [-0.25, -0.2) is 0 Å². The molecule has 5 nitrogen and oxygen atoms in total. The number of nitro groups is 1. The second kappa shape index (κ2) is 6.16. The third-order valence-corrected chi connectivity index (χ3v) is 2.88. The Balaban J connectivity index is 2.13. The van der Waals surface area contributed by atoms with E-state index >= 15 is 0 Å². The van der Waals surface area contributed by atoms with Crippen molar-refractivity contribution in [1.29, 1.82) is 0 Å². The van der Waals surface area contributed by atoms with Crippen molar-refractivity contribution in [2.45, 2.75) is 19.6 Å². The van der Waals surface area contributed by atoms with Gasteiger partial charge < -0.3 is 9.84 Å². The summed E-state index contributed by atoms with van der Waals surface area (Å²) in [5, 5.41) is 20.4. The maximum Gasteiger partial charge on any atom is 0.269 e. The van der Waals surface area contributed by atoms with Crippen LogP contribution in [0.15, 0.2) is 48.5 Å². The molecule has 0 fully saturated rings. The summed E-state index contributed by atoms with van der Waals surface area (Å²) < 4.78 is 5.64. The smallest absolute Gasteiger partial charge is 0.269 e. The van der Waals surface area contributed by atoms with Crippen molar-refractivity contribution >= 4 is 5.69 Å². The van der Waals surface area contributed by atoms with Crippen molar-refractivity contribution in [3.63, 3.8) is 0 Å². The highest BCUT2D eigenvalue weighted by Crippen LogP contribution is 2.25. The van der Waals surface area contributed by atoms with Gasteiger partial charge in [-0.15, -0.1) is 0 Å². The van der Waals surface area contributed by atoms with Gasteiger partial charge >= 0.3 is 0 Å². The van der Waals surface area contributed by atoms with E-state index in [1.54, 1.807) is 31.2 Å². The summed E-state index contributed by atoms with van der Waals surface area (Å²) in [7, 11) is 0. The van der Waals surface area contributed by atoms with Gasteiger partial charge in [0, 0.05) is 17.7 Å². The van der Waals surface area contributed by atoms with Gasteiger partial charge in [-0.1, -0.05) is 30.3 Å². The molecule has 0 bridgehead atoms. The summed E-state index contributed by atoms with van der Waals surface area (Å²) in [6.45, 7) is 1.88. The molecule has 0 saturated carbocycles. The average Bonchev–Trinajstić information content (AvgIpc) is 2.45. The number of ether oxygens (including phenoxy) is 1. The van der Waals surface area contributed by atoms with E-state index in [4.69, 9.17) is 4.74 Å². The monoisotopic (exact) mass is 273 g/mol. The molecule has 0 aromatic heterocycles. The molecule has 0 unspecified atom stereocenters. The topological polar surface area (TPSA) is 72.6 Å². The minimum absolute atomic E-state index is 0.0370. The normalized spacial score (nSPS) is 11.9. The molecule has 1 N–H and O–H groups in total. The Labute approximate surface area is 116 Å². The number of rotatable bonds is 5. The largest absolute Gasteiger partial charge is 0.489 e. The van der Waals surface area contributed by atoms with E-state index < -0.39 is 11.0 Å². The Morgan fingerprint density at radius 3 is 2.70 bits per heavy atom. The predicted octanol–water partition coefficient (Wildman–Crippen LogP) is 3.23. The van der Waals surface area contributed by atoms with Gasteiger partial charge in [-0.2, -0.15) is 0 Å². The van der Waals surface area contributed by atoms with Crippen LogP contribution in [0.1, 0.15) is 24.2 Å². The molecule has 0 aliphatic heterocycles. The van der Waals surface area contributed by atoms with Crippen LogP contribution in [0.25, 0.3) is 0 Å². The molecule has 0 aliphatic rings. The third-order valence-electron chi connectivity index (χ3n) is 2.88. The molecule has 104 valence electrons. The summed E-state index contributed by atoms with van der Waals surface area (Å²) in [5.41, 5.74) is 1.44. The fourth-order valence-electron chi connectivity index (χ4n) is 1.88. The molecule has 2 aromatic carbocycles. The fraction of sp³-hybridized carbons (Fsp3) is 0.200. The highest BCUT2D eigenvalue weighted by Gasteiger charge is 2.10. The Hall–Kier alpha value is -2.40. The van der Waals surface area contributed by atoms with Crippen LogP contribution in [-0.4, -0.2) is 10.0 Å². The Kier molecular flexibility index (Phi) is 4.32. The number of para-hydroxylation sites is 1. The number of nitro benzene ring substituents is 1. The number of aliphatic hydroxyl groups is 1.